The fourth-order valence-corrected chi connectivity index (χ4v) is 2.27. The van der Waals surface area contributed by atoms with Gasteiger partial charge in [0, 0.05) is 11.3 Å². The monoisotopic (exact) mass is 184 g/mol. The Balaban J connectivity index is 4.87. The molecule has 1 heteroatoms. The van der Waals surface area contributed by atoms with Crippen LogP contribution in [-0.4, -0.2) is 5.78 Å². The Morgan fingerprint density at radius 1 is 1.08 bits per heavy atom. The van der Waals surface area contributed by atoms with Gasteiger partial charge in [0.2, 0.25) is 0 Å². The van der Waals surface area contributed by atoms with Gasteiger partial charge in [0.1, 0.15) is 5.78 Å². The average molecular weight is 184 g/mol. The van der Waals surface area contributed by atoms with Crippen LogP contribution in [0.2, 0.25) is 0 Å². The predicted octanol–water partition coefficient (Wildman–Crippen LogP) is 3.67. The van der Waals surface area contributed by atoms with E-state index < -0.39 is 0 Å². The predicted molar refractivity (Wildman–Crippen MR) is 57.7 cm³/mol. The van der Waals surface area contributed by atoms with Crippen molar-refractivity contribution in [2.45, 2.75) is 54.4 Å². The Morgan fingerprint density at radius 3 is 1.54 bits per heavy atom. The summed E-state index contributed by atoms with van der Waals surface area (Å²) in [5.74, 6) is 1.06. The zero-order chi connectivity index (χ0) is 10.6. The molecule has 0 rings (SSSR count). The van der Waals surface area contributed by atoms with E-state index in [0.717, 1.165) is 12.8 Å². The van der Waals surface area contributed by atoms with Crippen molar-refractivity contribution in [2.24, 2.45) is 17.3 Å². The summed E-state index contributed by atoms with van der Waals surface area (Å²) in [5.41, 5.74) is -0.0752. The number of Topliss-reactive ketones (excluding diaryl/α,β-unsaturated/α-hetero) is 1. The van der Waals surface area contributed by atoms with Gasteiger partial charge in [-0.3, -0.25) is 4.79 Å². The lowest BCUT2D eigenvalue weighted by Crippen LogP contribution is -2.38. The Bertz CT molecular complexity index is 164. The number of hydrogen-bond donors (Lipinski definition) is 0. The number of hydrogen-bond acceptors (Lipinski definition) is 1. The van der Waals surface area contributed by atoms with Crippen LogP contribution in [0.3, 0.4) is 0 Å². The summed E-state index contributed by atoms with van der Waals surface area (Å²) >= 11 is 0. The Hall–Kier alpha value is -0.330. The molecule has 0 aliphatic rings. The van der Waals surface area contributed by atoms with Crippen molar-refractivity contribution in [3.8, 4) is 0 Å². The molecule has 0 amide bonds. The van der Waals surface area contributed by atoms with Crippen LogP contribution in [-0.2, 0) is 4.79 Å². The zero-order valence-corrected chi connectivity index (χ0v) is 9.98. The van der Waals surface area contributed by atoms with E-state index in [4.69, 9.17) is 0 Å². The largest absolute Gasteiger partial charge is 0.299 e. The van der Waals surface area contributed by atoms with Crippen molar-refractivity contribution < 1.29 is 4.79 Å². The van der Waals surface area contributed by atoms with Gasteiger partial charge in [-0.1, -0.05) is 41.5 Å². The molecule has 13 heavy (non-hydrogen) atoms. The van der Waals surface area contributed by atoms with E-state index in [1.807, 2.05) is 13.8 Å². The second-order valence-corrected chi connectivity index (χ2v) is 4.54. The molecule has 1 nitrogen and oxygen atoms in total. The van der Waals surface area contributed by atoms with Crippen molar-refractivity contribution in [3.63, 3.8) is 0 Å². The normalized spacial score (nSPS) is 12.6. The molecule has 0 fully saturated rings. The summed E-state index contributed by atoms with van der Waals surface area (Å²) in [4.78, 5) is 12.1. The SMILES string of the molecule is CCC(CC)(C(=O)C(C)C)C(C)C. The van der Waals surface area contributed by atoms with Crippen LogP contribution in [0.15, 0.2) is 0 Å². The third kappa shape index (κ3) is 2.32. The molecule has 0 spiro atoms. The van der Waals surface area contributed by atoms with E-state index in [0.29, 0.717) is 11.7 Å². The van der Waals surface area contributed by atoms with Crippen LogP contribution in [0.4, 0.5) is 0 Å². The van der Waals surface area contributed by atoms with Crippen LogP contribution in [0.5, 0.6) is 0 Å². The van der Waals surface area contributed by atoms with E-state index in [9.17, 15) is 4.79 Å². The third-order valence-electron chi connectivity index (χ3n) is 3.38. The molecule has 78 valence electrons. The Kier molecular flexibility index (Phi) is 4.66. The molecule has 0 aromatic rings. The molecule has 0 aliphatic heterocycles. The minimum Gasteiger partial charge on any atom is -0.299 e. The molecular weight excluding hydrogens is 160 g/mol. The lowest BCUT2D eigenvalue weighted by atomic mass is 9.67. The smallest absolute Gasteiger partial charge is 0.141 e. The highest BCUT2D eigenvalue weighted by Gasteiger charge is 2.38. The molecule has 0 radical (unpaired) electrons. The fraction of sp³-hybridized carbons (Fsp3) is 0.917. The first-order valence-electron chi connectivity index (χ1n) is 5.46. The minimum absolute atomic E-state index is 0.0752. The van der Waals surface area contributed by atoms with Gasteiger partial charge >= 0.3 is 0 Å². The van der Waals surface area contributed by atoms with E-state index in [1.165, 1.54) is 0 Å². The summed E-state index contributed by atoms with van der Waals surface area (Å²) in [5, 5.41) is 0. The van der Waals surface area contributed by atoms with Gasteiger partial charge in [-0.25, -0.2) is 0 Å². The van der Waals surface area contributed by atoms with Crippen molar-refractivity contribution >= 4 is 5.78 Å². The quantitative estimate of drug-likeness (QED) is 0.637. The van der Waals surface area contributed by atoms with Crippen LogP contribution in [0.1, 0.15) is 54.4 Å². The maximum absolute atomic E-state index is 12.1. The van der Waals surface area contributed by atoms with Crippen molar-refractivity contribution in [1.29, 1.82) is 0 Å². The van der Waals surface area contributed by atoms with Gasteiger partial charge < -0.3 is 0 Å². The van der Waals surface area contributed by atoms with Gasteiger partial charge in [-0.15, -0.1) is 0 Å². The highest BCUT2D eigenvalue weighted by Crippen LogP contribution is 2.38. The second kappa shape index (κ2) is 4.78. The van der Waals surface area contributed by atoms with Crippen molar-refractivity contribution in [2.75, 3.05) is 0 Å². The molecule has 0 atom stereocenters. The standard InChI is InChI=1S/C12H24O/c1-7-12(8-2,10(5)6)11(13)9(3)4/h9-10H,7-8H2,1-6H3. The highest BCUT2D eigenvalue weighted by molar-refractivity contribution is 5.86. The third-order valence-corrected chi connectivity index (χ3v) is 3.38. The van der Waals surface area contributed by atoms with E-state index in [2.05, 4.69) is 27.7 Å². The maximum atomic E-state index is 12.1. The van der Waals surface area contributed by atoms with Gasteiger partial charge in [0.15, 0.2) is 0 Å². The summed E-state index contributed by atoms with van der Waals surface area (Å²) in [6.07, 6.45) is 1.94. The molecule has 0 heterocycles. The number of ketones is 1. The van der Waals surface area contributed by atoms with Crippen LogP contribution in [0.25, 0.3) is 0 Å². The molecule has 0 saturated heterocycles. The van der Waals surface area contributed by atoms with Crippen LogP contribution < -0.4 is 0 Å². The molecule has 0 N–H and O–H groups in total. The summed E-state index contributed by atoms with van der Waals surface area (Å²) in [6, 6.07) is 0. The molecule has 0 unspecified atom stereocenters. The molecule has 0 aliphatic carbocycles. The molecule has 0 bridgehead atoms. The topological polar surface area (TPSA) is 17.1 Å². The summed E-state index contributed by atoms with van der Waals surface area (Å²) < 4.78 is 0. The van der Waals surface area contributed by atoms with E-state index in [-0.39, 0.29) is 11.3 Å². The molecule has 0 aromatic carbocycles. The number of rotatable bonds is 5. The second-order valence-electron chi connectivity index (χ2n) is 4.54. The number of carbonyl (C=O) groups is 1. The van der Waals surface area contributed by atoms with Crippen LogP contribution >= 0.6 is 0 Å². The van der Waals surface area contributed by atoms with Gasteiger partial charge in [-0.05, 0) is 18.8 Å². The first kappa shape index (κ1) is 12.7. The van der Waals surface area contributed by atoms with Gasteiger partial charge in [0.25, 0.3) is 0 Å². The van der Waals surface area contributed by atoms with Gasteiger partial charge in [0.05, 0.1) is 0 Å². The van der Waals surface area contributed by atoms with Crippen LogP contribution in [0, 0.1) is 17.3 Å². The Labute approximate surface area is 82.9 Å². The summed E-state index contributed by atoms with van der Waals surface area (Å²) in [6.45, 7) is 12.6. The van der Waals surface area contributed by atoms with E-state index >= 15 is 0 Å². The first-order chi connectivity index (χ1) is 5.92. The molecule has 0 saturated carbocycles. The lowest BCUT2D eigenvalue weighted by Gasteiger charge is -2.35. The minimum atomic E-state index is -0.0752. The Morgan fingerprint density at radius 2 is 1.46 bits per heavy atom. The zero-order valence-electron chi connectivity index (χ0n) is 9.98. The lowest BCUT2D eigenvalue weighted by molar-refractivity contribution is -0.135. The van der Waals surface area contributed by atoms with Crippen molar-refractivity contribution in [1.82, 2.24) is 0 Å². The van der Waals surface area contributed by atoms with Gasteiger partial charge in [-0.2, -0.15) is 0 Å². The van der Waals surface area contributed by atoms with E-state index in [1.54, 1.807) is 0 Å². The van der Waals surface area contributed by atoms with Crippen molar-refractivity contribution in [3.05, 3.63) is 0 Å². The number of carbonyl (C=O) groups excluding carboxylic acids is 1. The maximum Gasteiger partial charge on any atom is 0.141 e. The summed E-state index contributed by atoms with van der Waals surface area (Å²) in [7, 11) is 0. The fourth-order valence-electron chi connectivity index (χ4n) is 2.27. The highest BCUT2D eigenvalue weighted by atomic mass is 16.1. The molecular formula is C12H24O. The first-order valence-corrected chi connectivity index (χ1v) is 5.46. The molecule has 0 aromatic heterocycles. The average Bonchev–Trinajstić information content (AvgIpc) is 2.06.